The third-order valence-corrected chi connectivity index (χ3v) is 11.2. The van der Waals surface area contributed by atoms with Crippen molar-refractivity contribution < 1.29 is 0 Å². The van der Waals surface area contributed by atoms with Gasteiger partial charge in [0.05, 0.1) is 27.9 Å². The van der Waals surface area contributed by atoms with Crippen molar-refractivity contribution in [3.8, 4) is 56.4 Å². The number of nitrogens with zero attached hydrogens (tertiary/aromatic N) is 4. The van der Waals surface area contributed by atoms with Crippen LogP contribution in [-0.2, 0) is 6.42 Å². The summed E-state index contributed by atoms with van der Waals surface area (Å²) in [5.41, 5.74) is 16.1. The Balaban J connectivity index is 1.02. The van der Waals surface area contributed by atoms with Crippen molar-refractivity contribution in [2.75, 3.05) is 0 Å². The lowest BCUT2D eigenvalue weighted by Crippen LogP contribution is -2.03. The van der Waals surface area contributed by atoms with Crippen molar-refractivity contribution in [1.82, 2.24) is 19.1 Å². The molecule has 4 heteroatoms. The van der Waals surface area contributed by atoms with Crippen LogP contribution in [0.5, 0.6) is 0 Å². The van der Waals surface area contributed by atoms with E-state index < -0.39 is 0 Å². The maximum absolute atomic E-state index is 5.20. The Hall–Kier alpha value is -7.30. The SMILES string of the molecule is C1=Cc2c(n(-c3ccccc3)c3cccc(-c4ccc(-c5ccc6c(c5)c5ccccc5n6-c5nc(-c6ccccc6)cc(-c6ccccc6)n5)cc4)c23)CC1. The second-order valence-corrected chi connectivity index (χ2v) is 14.5. The number of rotatable bonds is 6. The predicted octanol–water partition coefficient (Wildman–Crippen LogP) is 13.1. The molecule has 1 aliphatic carbocycles. The Morgan fingerprint density at radius 3 is 1.77 bits per heavy atom. The minimum atomic E-state index is 0.654. The number of hydrogen-bond donors (Lipinski definition) is 0. The van der Waals surface area contributed by atoms with Crippen LogP contribution in [0.15, 0.2) is 188 Å². The van der Waals surface area contributed by atoms with E-state index in [-0.39, 0.29) is 0 Å². The molecular formula is C52H36N4. The first-order valence-electron chi connectivity index (χ1n) is 19.3. The zero-order valence-corrected chi connectivity index (χ0v) is 30.7. The summed E-state index contributed by atoms with van der Waals surface area (Å²) in [6.07, 6.45) is 6.74. The van der Waals surface area contributed by atoms with Gasteiger partial charge in [-0.25, -0.2) is 9.97 Å². The summed E-state index contributed by atoms with van der Waals surface area (Å²) in [4.78, 5) is 10.4. The third kappa shape index (κ3) is 5.30. The molecule has 0 aliphatic heterocycles. The third-order valence-electron chi connectivity index (χ3n) is 11.2. The van der Waals surface area contributed by atoms with Crippen LogP contribution < -0.4 is 0 Å². The second kappa shape index (κ2) is 13.2. The molecule has 0 unspecified atom stereocenters. The standard InChI is InChI=1S/C52H36N4/c1-4-15-37(16-5-1)45-34-46(38-17-6-2-7-18-38)54-52(53-45)56-47-24-12-10-21-42(47)44-33-39(31-32-49(44)56)35-27-29-36(30-28-35)41-23-14-26-50-51(41)43-22-11-13-25-48(43)55(50)40-19-8-3-9-20-40/h1-12,14-24,26-34H,13,25H2. The Labute approximate surface area is 325 Å². The summed E-state index contributed by atoms with van der Waals surface area (Å²) in [6.45, 7) is 0. The molecule has 3 heterocycles. The van der Waals surface area contributed by atoms with Crippen molar-refractivity contribution >= 4 is 38.8 Å². The largest absolute Gasteiger partial charge is 0.313 e. The topological polar surface area (TPSA) is 35.6 Å². The molecule has 0 spiro atoms. The van der Waals surface area contributed by atoms with E-state index >= 15 is 0 Å². The molecular weight excluding hydrogens is 681 g/mol. The number of fused-ring (bicyclic) bond motifs is 6. The van der Waals surface area contributed by atoms with E-state index in [1.807, 2.05) is 12.1 Å². The highest BCUT2D eigenvalue weighted by molar-refractivity contribution is 6.10. The average Bonchev–Trinajstić information content (AvgIpc) is 3.80. The molecule has 264 valence electrons. The van der Waals surface area contributed by atoms with Crippen LogP contribution in [0.2, 0.25) is 0 Å². The normalized spacial score (nSPS) is 12.4. The molecule has 0 bridgehead atoms. The van der Waals surface area contributed by atoms with Crippen molar-refractivity contribution in [1.29, 1.82) is 0 Å². The van der Waals surface area contributed by atoms with Gasteiger partial charge in [-0.3, -0.25) is 4.57 Å². The van der Waals surface area contributed by atoms with Gasteiger partial charge in [0, 0.05) is 44.2 Å². The van der Waals surface area contributed by atoms with Gasteiger partial charge in [-0.2, -0.15) is 0 Å². The summed E-state index contributed by atoms with van der Waals surface area (Å²) in [7, 11) is 0. The van der Waals surface area contributed by atoms with Gasteiger partial charge in [-0.05, 0) is 77.6 Å². The Kier molecular flexibility index (Phi) is 7.59. The van der Waals surface area contributed by atoms with Crippen molar-refractivity contribution in [3.63, 3.8) is 0 Å². The average molecular weight is 717 g/mol. The molecule has 10 aromatic rings. The lowest BCUT2D eigenvalue weighted by Gasteiger charge is -2.13. The molecule has 7 aromatic carbocycles. The lowest BCUT2D eigenvalue weighted by atomic mass is 9.94. The molecule has 11 rings (SSSR count). The molecule has 0 saturated heterocycles. The summed E-state index contributed by atoms with van der Waals surface area (Å²) >= 11 is 0. The lowest BCUT2D eigenvalue weighted by molar-refractivity contribution is 0.888. The molecule has 0 atom stereocenters. The first kappa shape index (κ1) is 32.2. The van der Waals surface area contributed by atoms with Gasteiger partial charge in [0.2, 0.25) is 5.95 Å². The zero-order valence-electron chi connectivity index (χ0n) is 30.7. The van der Waals surface area contributed by atoms with Crippen LogP contribution in [0.4, 0.5) is 0 Å². The first-order valence-corrected chi connectivity index (χ1v) is 19.3. The van der Waals surface area contributed by atoms with Crippen molar-refractivity contribution in [2.24, 2.45) is 0 Å². The van der Waals surface area contributed by atoms with Gasteiger partial charge in [0.25, 0.3) is 0 Å². The monoisotopic (exact) mass is 716 g/mol. The Morgan fingerprint density at radius 1 is 0.429 bits per heavy atom. The Bertz CT molecular complexity index is 3040. The van der Waals surface area contributed by atoms with E-state index in [9.17, 15) is 0 Å². The predicted molar refractivity (Wildman–Crippen MR) is 232 cm³/mol. The summed E-state index contributed by atoms with van der Waals surface area (Å²) < 4.78 is 4.68. The van der Waals surface area contributed by atoms with Crippen LogP contribution in [0, 0.1) is 0 Å². The molecule has 0 N–H and O–H groups in total. The molecule has 0 fully saturated rings. The van der Waals surface area contributed by atoms with Crippen molar-refractivity contribution in [2.45, 2.75) is 12.8 Å². The Morgan fingerprint density at radius 2 is 1.04 bits per heavy atom. The number of para-hydroxylation sites is 2. The first-order chi connectivity index (χ1) is 27.8. The van der Waals surface area contributed by atoms with E-state index in [4.69, 9.17) is 9.97 Å². The summed E-state index contributed by atoms with van der Waals surface area (Å²) in [5.74, 6) is 0.654. The van der Waals surface area contributed by atoms with Gasteiger partial charge in [0.15, 0.2) is 0 Å². The molecule has 3 aromatic heterocycles. The maximum Gasteiger partial charge on any atom is 0.235 e. The minimum Gasteiger partial charge on any atom is -0.313 e. The number of allylic oxidation sites excluding steroid dienone is 1. The zero-order chi connectivity index (χ0) is 37.0. The second-order valence-electron chi connectivity index (χ2n) is 14.5. The summed E-state index contributed by atoms with van der Waals surface area (Å²) in [6, 6.07) is 64.8. The van der Waals surface area contributed by atoms with Crippen LogP contribution in [-0.4, -0.2) is 19.1 Å². The van der Waals surface area contributed by atoms with Crippen LogP contribution >= 0.6 is 0 Å². The van der Waals surface area contributed by atoms with E-state index in [1.54, 1.807) is 0 Å². The fraction of sp³-hybridized carbons (Fsp3) is 0.0385. The van der Waals surface area contributed by atoms with Crippen LogP contribution in [0.25, 0.3) is 95.2 Å². The molecule has 0 amide bonds. The van der Waals surface area contributed by atoms with E-state index in [1.165, 1.54) is 60.9 Å². The smallest absolute Gasteiger partial charge is 0.235 e. The van der Waals surface area contributed by atoms with E-state index in [2.05, 4.69) is 191 Å². The maximum atomic E-state index is 5.20. The van der Waals surface area contributed by atoms with Gasteiger partial charge < -0.3 is 4.57 Å². The highest BCUT2D eigenvalue weighted by Crippen LogP contribution is 2.41. The fourth-order valence-electron chi connectivity index (χ4n) is 8.64. The van der Waals surface area contributed by atoms with Crippen LogP contribution in [0.3, 0.4) is 0 Å². The number of aromatic nitrogens is 4. The van der Waals surface area contributed by atoms with Crippen molar-refractivity contribution in [3.05, 3.63) is 199 Å². The molecule has 1 aliphatic rings. The van der Waals surface area contributed by atoms with Crippen LogP contribution in [0.1, 0.15) is 17.7 Å². The van der Waals surface area contributed by atoms with Gasteiger partial charge in [-0.1, -0.05) is 152 Å². The molecule has 0 saturated carbocycles. The number of hydrogen-bond acceptors (Lipinski definition) is 2. The molecule has 56 heavy (non-hydrogen) atoms. The number of benzene rings is 7. The van der Waals surface area contributed by atoms with E-state index in [0.29, 0.717) is 5.95 Å². The molecule has 4 nitrogen and oxygen atoms in total. The highest BCUT2D eigenvalue weighted by Gasteiger charge is 2.22. The van der Waals surface area contributed by atoms with Gasteiger partial charge in [0.1, 0.15) is 0 Å². The summed E-state index contributed by atoms with van der Waals surface area (Å²) in [5, 5.41) is 3.66. The minimum absolute atomic E-state index is 0.654. The quantitative estimate of drug-likeness (QED) is 0.172. The van der Waals surface area contributed by atoms with Gasteiger partial charge >= 0.3 is 0 Å². The fourth-order valence-corrected chi connectivity index (χ4v) is 8.64. The van der Waals surface area contributed by atoms with Gasteiger partial charge in [-0.15, -0.1) is 0 Å². The van der Waals surface area contributed by atoms with E-state index in [0.717, 1.165) is 46.4 Å². The molecule has 0 radical (unpaired) electrons. The highest BCUT2D eigenvalue weighted by atomic mass is 15.2.